The summed E-state index contributed by atoms with van der Waals surface area (Å²) in [5.41, 5.74) is 4.01. The normalized spacial score (nSPS) is 11.2. The molecule has 152 valence electrons. The molecule has 4 rings (SSSR count). The lowest BCUT2D eigenvalue weighted by molar-refractivity contribution is -0.112. The van der Waals surface area contributed by atoms with Crippen molar-refractivity contribution < 1.29 is 14.0 Å². The zero-order valence-corrected chi connectivity index (χ0v) is 17.3. The molecule has 1 N–H and O–H groups in total. The predicted molar refractivity (Wildman–Crippen MR) is 114 cm³/mol. The van der Waals surface area contributed by atoms with E-state index in [4.69, 9.17) is 4.42 Å². The highest BCUT2D eigenvalue weighted by Gasteiger charge is 2.25. The van der Waals surface area contributed by atoms with Gasteiger partial charge in [-0.3, -0.25) is 9.59 Å². The molecule has 0 spiro atoms. The van der Waals surface area contributed by atoms with E-state index in [1.54, 1.807) is 36.7 Å². The molecule has 1 amide bonds. The molecule has 0 unspecified atom stereocenters. The van der Waals surface area contributed by atoms with Crippen molar-refractivity contribution in [3.05, 3.63) is 71.4 Å². The number of oxazole rings is 1. The highest BCUT2D eigenvalue weighted by atomic mass is 16.3. The molecule has 0 saturated carbocycles. The minimum Gasteiger partial charge on any atom is -0.440 e. The van der Waals surface area contributed by atoms with Gasteiger partial charge in [-0.05, 0) is 44.2 Å². The highest BCUT2D eigenvalue weighted by molar-refractivity contribution is 6.47. The van der Waals surface area contributed by atoms with Crippen LogP contribution in [0.3, 0.4) is 0 Å². The first-order valence-corrected chi connectivity index (χ1v) is 9.73. The van der Waals surface area contributed by atoms with Crippen molar-refractivity contribution in [3.8, 4) is 5.69 Å². The zero-order valence-electron chi connectivity index (χ0n) is 17.3. The quantitative estimate of drug-likeness (QED) is 0.390. The Morgan fingerprint density at radius 1 is 1.07 bits per heavy atom. The van der Waals surface area contributed by atoms with E-state index in [1.807, 2.05) is 44.2 Å². The van der Waals surface area contributed by atoms with Gasteiger partial charge in [0.1, 0.15) is 5.52 Å². The topological polar surface area (TPSA) is 90.0 Å². The second-order valence-corrected chi connectivity index (χ2v) is 7.47. The number of hydrogen-bond acceptors (Lipinski definition) is 5. The van der Waals surface area contributed by atoms with Gasteiger partial charge in [0.2, 0.25) is 0 Å². The molecular weight excluding hydrogens is 380 g/mol. The largest absolute Gasteiger partial charge is 0.440 e. The molecule has 0 radical (unpaired) electrons. The summed E-state index contributed by atoms with van der Waals surface area (Å²) in [5.74, 6) is -0.565. The number of fused-ring (bicyclic) bond motifs is 1. The molecule has 2 aromatic heterocycles. The van der Waals surface area contributed by atoms with Gasteiger partial charge in [-0.1, -0.05) is 32.0 Å². The van der Waals surface area contributed by atoms with E-state index in [2.05, 4.69) is 15.4 Å². The van der Waals surface area contributed by atoms with Crippen molar-refractivity contribution in [1.29, 1.82) is 0 Å². The van der Waals surface area contributed by atoms with Crippen LogP contribution in [0.15, 0.2) is 52.9 Å². The van der Waals surface area contributed by atoms with Gasteiger partial charge in [-0.15, -0.1) is 0 Å². The minimum atomic E-state index is -0.722. The summed E-state index contributed by atoms with van der Waals surface area (Å²) >= 11 is 0. The van der Waals surface area contributed by atoms with Crippen LogP contribution in [-0.2, 0) is 4.79 Å². The Morgan fingerprint density at radius 2 is 1.80 bits per heavy atom. The van der Waals surface area contributed by atoms with Crippen molar-refractivity contribution >= 4 is 28.5 Å². The Balaban J connectivity index is 1.59. The maximum Gasteiger partial charge on any atom is 0.296 e. The Kier molecular flexibility index (Phi) is 4.95. The second-order valence-electron chi connectivity index (χ2n) is 7.47. The fourth-order valence-corrected chi connectivity index (χ4v) is 3.36. The van der Waals surface area contributed by atoms with Gasteiger partial charge in [0.15, 0.2) is 11.5 Å². The maximum atomic E-state index is 12.9. The number of Topliss-reactive ketones (excluding diaryl/α,β-unsaturated/α-hetero) is 1. The number of hydrogen-bond donors (Lipinski definition) is 1. The first kappa shape index (κ1) is 19.6. The summed E-state index contributed by atoms with van der Waals surface area (Å²) in [6, 6.07) is 14.6. The summed E-state index contributed by atoms with van der Waals surface area (Å²) < 4.78 is 7.35. The Morgan fingerprint density at radius 3 is 2.50 bits per heavy atom. The predicted octanol–water partition coefficient (Wildman–Crippen LogP) is 4.58. The Labute approximate surface area is 173 Å². The Hall–Kier alpha value is -3.74. The van der Waals surface area contributed by atoms with Crippen molar-refractivity contribution in [1.82, 2.24) is 14.8 Å². The first-order chi connectivity index (χ1) is 14.3. The van der Waals surface area contributed by atoms with Crippen molar-refractivity contribution in [3.63, 3.8) is 0 Å². The van der Waals surface area contributed by atoms with Gasteiger partial charge in [-0.25, -0.2) is 9.67 Å². The van der Waals surface area contributed by atoms with E-state index in [1.165, 1.54) is 0 Å². The molecule has 0 saturated heterocycles. The van der Waals surface area contributed by atoms with E-state index in [0.29, 0.717) is 39.6 Å². The summed E-state index contributed by atoms with van der Waals surface area (Å²) in [6.45, 7) is 7.49. The number of rotatable bonds is 5. The monoisotopic (exact) mass is 402 g/mol. The lowest BCUT2D eigenvalue weighted by Gasteiger charge is -2.06. The molecular formula is C23H22N4O3. The number of benzene rings is 2. The number of anilines is 1. The van der Waals surface area contributed by atoms with Crippen molar-refractivity contribution in [2.45, 2.75) is 33.6 Å². The van der Waals surface area contributed by atoms with Crippen LogP contribution in [0.5, 0.6) is 0 Å². The summed E-state index contributed by atoms with van der Waals surface area (Å²) in [4.78, 5) is 30.0. The third-order valence-corrected chi connectivity index (χ3v) is 4.88. The fraction of sp³-hybridized carbons (Fsp3) is 0.217. The molecule has 2 heterocycles. The van der Waals surface area contributed by atoms with E-state index in [0.717, 1.165) is 5.69 Å². The third-order valence-electron chi connectivity index (χ3n) is 4.88. The average molecular weight is 402 g/mol. The molecule has 2 aromatic carbocycles. The molecule has 0 aliphatic rings. The smallest absolute Gasteiger partial charge is 0.296 e. The number of carbonyl (C=O) groups excluding carboxylic acids is 2. The summed E-state index contributed by atoms with van der Waals surface area (Å²) in [5, 5.41) is 7.11. The van der Waals surface area contributed by atoms with Crippen LogP contribution < -0.4 is 5.32 Å². The van der Waals surface area contributed by atoms with Crippen LogP contribution in [0, 0.1) is 13.8 Å². The highest BCUT2D eigenvalue weighted by Crippen LogP contribution is 2.24. The van der Waals surface area contributed by atoms with Gasteiger partial charge < -0.3 is 9.73 Å². The van der Waals surface area contributed by atoms with Crippen LogP contribution in [-0.4, -0.2) is 26.5 Å². The lowest BCUT2D eigenvalue weighted by Crippen LogP contribution is -2.24. The molecule has 7 nitrogen and oxygen atoms in total. The molecule has 0 atom stereocenters. The molecule has 30 heavy (non-hydrogen) atoms. The fourth-order valence-electron chi connectivity index (χ4n) is 3.36. The van der Waals surface area contributed by atoms with E-state index in [-0.39, 0.29) is 5.92 Å². The Bertz CT molecular complexity index is 1250. The summed E-state index contributed by atoms with van der Waals surface area (Å²) in [7, 11) is 0. The molecule has 7 heteroatoms. The minimum absolute atomic E-state index is 0.157. The van der Waals surface area contributed by atoms with Crippen LogP contribution in [0.2, 0.25) is 0 Å². The van der Waals surface area contributed by atoms with Crippen LogP contribution in [0.25, 0.3) is 16.8 Å². The van der Waals surface area contributed by atoms with Crippen molar-refractivity contribution in [2.24, 2.45) is 0 Å². The number of aromatic nitrogens is 3. The van der Waals surface area contributed by atoms with Crippen LogP contribution in [0.4, 0.5) is 5.69 Å². The standard InChI is InChI=1S/C23H22N4O3/c1-13(2)23-25-18-12-16(10-11-19(18)30-23)24-22(29)21(28)20-14(3)26-27(15(20)4)17-8-6-5-7-9-17/h5-13H,1-4H3,(H,24,29). The molecule has 0 bridgehead atoms. The first-order valence-electron chi connectivity index (χ1n) is 9.73. The molecule has 0 aliphatic carbocycles. The maximum absolute atomic E-state index is 12.9. The zero-order chi connectivity index (χ0) is 21.4. The van der Waals surface area contributed by atoms with Crippen molar-refractivity contribution in [2.75, 3.05) is 5.32 Å². The number of para-hydroxylation sites is 1. The van der Waals surface area contributed by atoms with Gasteiger partial charge in [0, 0.05) is 11.6 Å². The number of nitrogens with zero attached hydrogens (tertiary/aromatic N) is 3. The molecule has 0 fully saturated rings. The number of amides is 1. The summed E-state index contributed by atoms with van der Waals surface area (Å²) in [6.07, 6.45) is 0. The lowest BCUT2D eigenvalue weighted by atomic mass is 10.1. The van der Waals surface area contributed by atoms with Gasteiger partial charge in [0.05, 0.1) is 22.6 Å². The van der Waals surface area contributed by atoms with E-state index in [9.17, 15) is 9.59 Å². The number of nitrogens with one attached hydrogen (secondary N) is 1. The second kappa shape index (κ2) is 7.59. The molecule has 4 aromatic rings. The van der Waals surface area contributed by atoms with E-state index >= 15 is 0 Å². The van der Waals surface area contributed by atoms with Gasteiger partial charge in [0.25, 0.3) is 11.7 Å². The van der Waals surface area contributed by atoms with Gasteiger partial charge >= 0.3 is 0 Å². The number of carbonyl (C=O) groups is 2. The SMILES string of the molecule is Cc1nn(-c2ccccc2)c(C)c1C(=O)C(=O)Nc1ccc2oc(C(C)C)nc2c1. The molecule has 0 aliphatic heterocycles. The van der Waals surface area contributed by atoms with Crippen LogP contribution in [0.1, 0.15) is 47.4 Å². The van der Waals surface area contributed by atoms with E-state index < -0.39 is 11.7 Å². The van der Waals surface area contributed by atoms with Gasteiger partial charge in [-0.2, -0.15) is 5.10 Å². The average Bonchev–Trinajstić information content (AvgIpc) is 3.28. The number of aryl methyl sites for hydroxylation is 1. The van der Waals surface area contributed by atoms with Crippen LogP contribution >= 0.6 is 0 Å². The number of ketones is 1. The third kappa shape index (κ3) is 3.50.